The molecule has 0 bridgehead atoms. The van der Waals surface area contributed by atoms with E-state index in [0.29, 0.717) is 5.82 Å². The summed E-state index contributed by atoms with van der Waals surface area (Å²) < 4.78 is 0. The average Bonchev–Trinajstić information content (AvgIpc) is 2.47. The Labute approximate surface area is 110 Å². The standard InChI is InChI=1S/C15H13N3O/c1-10-7-17-15(18-8-10)14(19)13-4-2-3-11-9-16-6-5-12(11)13/h2-9,14,19H,1H3. The molecule has 94 valence electrons. The number of aliphatic hydroxyl groups is 1. The Morgan fingerprint density at radius 2 is 1.84 bits per heavy atom. The van der Waals surface area contributed by atoms with E-state index in [1.807, 2.05) is 31.2 Å². The molecule has 0 aliphatic heterocycles. The number of fused-ring (bicyclic) bond motifs is 1. The third-order valence-corrected chi connectivity index (χ3v) is 3.05. The van der Waals surface area contributed by atoms with Crippen molar-refractivity contribution >= 4 is 10.8 Å². The number of aromatic nitrogens is 3. The molecule has 2 aromatic heterocycles. The van der Waals surface area contributed by atoms with Gasteiger partial charge in [0.25, 0.3) is 0 Å². The largest absolute Gasteiger partial charge is 0.380 e. The maximum absolute atomic E-state index is 10.4. The van der Waals surface area contributed by atoms with E-state index < -0.39 is 6.10 Å². The van der Waals surface area contributed by atoms with Crippen molar-refractivity contribution in [3.8, 4) is 0 Å². The molecule has 0 saturated heterocycles. The molecule has 0 spiro atoms. The quantitative estimate of drug-likeness (QED) is 0.760. The van der Waals surface area contributed by atoms with Crippen LogP contribution in [0.15, 0.2) is 49.1 Å². The van der Waals surface area contributed by atoms with Crippen LogP contribution in [0.3, 0.4) is 0 Å². The summed E-state index contributed by atoms with van der Waals surface area (Å²) in [7, 11) is 0. The van der Waals surface area contributed by atoms with Gasteiger partial charge in [0.1, 0.15) is 6.10 Å². The Bertz CT molecular complexity index is 705. The lowest BCUT2D eigenvalue weighted by Gasteiger charge is -2.12. The van der Waals surface area contributed by atoms with Gasteiger partial charge in [0.2, 0.25) is 0 Å². The molecule has 4 nitrogen and oxygen atoms in total. The summed E-state index contributed by atoms with van der Waals surface area (Å²) in [6.07, 6.45) is 6.08. The second-order valence-corrected chi connectivity index (χ2v) is 4.47. The molecule has 1 N–H and O–H groups in total. The molecule has 2 heterocycles. The lowest BCUT2D eigenvalue weighted by atomic mass is 10.0. The highest BCUT2D eigenvalue weighted by Gasteiger charge is 2.15. The van der Waals surface area contributed by atoms with E-state index in [1.165, 1.54) is 0 Å². The van der Waals surface area contributed by atoms with Gasteiger partial charge in [-0.05, 0) is 29.5 Å². The Balaban J connectivity index is 2.11. The van der Waals surface area contributed by atoms with Crippen LogP contribution in [-0.4, -0.2) is 20.1 Å². The lowest BCUT2D eigenvalue weighted by Crippen LogP contribution is -2.05. The molecule has 4 heteroatoms. The first kappa shape index (κ1) is 11.7. The first-order valence-corrected chi connectivity index (χ1v) is 6.05. The van der Waals surface area contributed by atoms with Crippen LogP contribution < -0.4 is 0 Å². The predicted octanol–water partition coefficient (Wildman–Crippen LogP) is 2.41. The topological polar surface area (TPSA) is 58.9 Å². The zero-order valence-electron chi connectivity index (χ0n) is 10.5. The molecular formula is C15H13N3O. The Morgan fingerprint density at radius 1 is 1.05 bits per heavy atom. The Hall–Kier alpha value is -2.33. The SMILES string of the molecule is Cc1cnc(C(O)c2cccc3cnccc23)nc1. The highest BCUT2D eigenvalue weighted by atomic mass is 16.3. The summed E-state index contributed by atoms with van der Waals surface area (Å²) in [5.74, 6) is 0.412. The van der Waals surface area contributed by atoms with Crippen molar-refractivity contribution in [3.63, 3.8) is 0 Å². The Kier molecular flexibility index (Phi) is 2.93. The summed E-state index contributed by atoms with van der Waals surface area (Å²) in [5, 5.41) is 12.4. The zero-order chi connectivity index (χ0) is 13.2. The Morgan fingerprint density at radius 3 is 2.63 bits per heavy atom. The highest BCUT2D eigenvalue weighted by molar-refractivity contribution is 5.85. The molecule has 1 aromatic carbocycles. The smallest absolute Gasteiger partial charge is 0.161 e. The maximum atomic E-state index is 10.4. The second-order valence-electron chi connectivity index (χ2n) is 4.47. The number of benzene rings is 1. The molecule has 0 aliphatic rings. The summed E-state index contributed by atoms with van der Waals surface area (Å²) in [6, 6.07) is 7.64. The molecule has 3 rings (SSSR count). The zero-order valence-corrected chi connectivity index (χ0v) is 10.5. The molecule has 1 atom stereocenters. The minimum Gasteiger partial charge on any atom is -0.380 e. The predicted molar refractivity (Wildman–Crippen MR) is 72.6 cm³/mol. The monoisotopic (exact) mass is 251 g/mol. The van der Waals surface area contributed by atoms with Crippen LogP contribution in [0.5, 0.6) is 0 Å². The van der Waals surface area contributed by atoms with Crippen molar-refractivity contribution in [2.45, 2.75) is 13.0 Å². The van der Waals surface area contributed by atoms with Gasteiger partial charge in [0, 0.05) is 30.2 Å². The average molecular weight is 251 g/mol. The van der Waals surface area contributed by atoms with E-state index in [-0.39, 0.29) is 0 Å². The summed E-state index contributed by atoms with van der Waals surface area (Å²) in [5.41, 5.74) is 1.77. The van der Waals surface area contributed by atoms with Crippen molar-refractivity contribution in [1.29, 1.82) is 0 Å². The molecule has 0 saturated carbocycles. The maximum Gasteiger partial charge on any atom is 0.161 e. The molecule has 0 amide bonds. The van der Waals surface area contributed by atoms with Gasteiger partial charge in [-0.3, -0.25) is 4.98 Å². The van der Waals surface area contributed by atoms with Gasteiger partial charge in [-0.25, -0.2) is 9.97 Å². The van der Waals surface area contributed by atoms with Gasteiger partial charge < -0.3 is 5.11 Å². The molecule has 19 heavy (non-hydrogen) atoms. The first-order valence-electron chi connectivity index (χ1n) is 6.05. The summed E-state index contributed by atoms with van der Waals surface area (Å²) >= 11 is 0. The van der Waals surface area contributed by atoms with Crippen LogP contribution in [0, 0.1) is 6.92 Å². The number of pyridine rings is 1. The summed E-state index contributed by atoms with van der Waals surface area (Å²) in [6.45, 7) is 1.92. The molecule has 0 radical (unpaired) electrons. The van der Waals surface area contributed by atoms with E-state index in [4.69, 9.17) is 0 Å². The van der Waals surface area contributed by atoms with E-state index in [9.17, 15) is 5.11 Å². The van der Waals surface area contributed by atoms with Crippen LogP contribution in [-0.2, 0) is 0 Å². The number of aryl methyl sites for hydroxylation is 1. The van der Waals surface area contributed by atoms with Crippen molar-refractivity contribution in [2.75, 3.05) is 0 Å². The third kappa shape index (κ3) is 2.18. The number of hydrogen-bond donors (Lipinski definition) is 1. The fourth-order valence-corrected chi connectivity index (χ4v) is 2.07. The number of hydrogen-bond acceptors (Lipinski definition) is 4. The normalized spacial score (nSPS) is 12.5. The lowest BCUT2D eigenvalue weighted by molar-refractivity contribution is 0.211. The molecule has 3 aromatic rings. The first-order chi connectivity index (χ1) is 9.25. The van der Waals surface area contributed by atoms with Gasteiger partial charge in [-0.1, -0.05) is 18.2 Å². The van der Waals surface area contributed by atoms with Crippen LogP contribution in [0.4, 0.5) is 0 Å². The van der Waals surface area contributed by atoms with Gasteiger partial charge in [-0.15, -0.1) is 0 Å². The number of nitrogens with zero attached hydrogens (tertiary/aromatic N) is 3. The minimum atomic E-state index is -0.827. The van der Waals surface area contributed by atoms with Gasteiger partial charge in [-0.2, -0.15) is 0 Å². The van der Waals surface area contributed by atoms with Crippen molar-refractivity contribution in [3.05, 3.63) is 66.0 Å². The van der Waals surface area contributed by atoms with Crippen LogP contribution in [0.25, 0.3) is 10.8 Å². The van der Waals surface area contributed by atoms with E-state index in [0.717, 1.165) is 21.9 Å². The highest BCUT2D eigenvalue weighted by Crippen LogP contribution is 2.26. The molecule has 0 aliphatic carbocycles. The fraction of sp³-hybridized carbons (Fsp3) is 0.133. The fourth-order valence-electron chi connectivity index (χ4n) is 2.07. The summed E-state index contributed by atoms with van der Waals surface area (Å²) in [4.78, 5) is 12.5. The second kappa shape index (κ2) is 4.74. The van der Waals surface area contributed by atoms with Crippen molar-refractivity contribution in [1.82, 2.24) is 15.0 Å². The third-order valence-electron chi connectivity index (χ3n) is 3.05. The van der Waals surface area contributed by atoms with Crippen LogP contribution in [0.1, 0.15) is 23.1 Å². The van der Waals surface area contributed by atoms with Crippen molar-refractivity contribution < 1.29 is 5.11 Å². The molecular weight excluding hydrogens is 238 g/mol. The van der Waals surface area contributed by atoms with Crippen molar-refractivity contribution in [2.24, 2.45) is 0 Å². The van der Waals surface area contributed by atoms with E-state index in [1.54, 1.807) is 24.8 Å². The number of aliphatic hydroxyl groups excluding tert-OH is 1. The van der Waals surface area contributed by atoms with E-state index >= 15 is 0 Å². The number of rotatable bonds is 2. The minimum absolute atomic E-state index is 0.412. The molecule has 1 unspecified atom stereocenters. The van der Waals surface area contributed by atoms with Gasteiger partial charge in [0.05, 0.1) is 0 Å². The van der Waals surface area contributed by atoms with Crippen LogP contribution >= 0.6 is 0 Å². The van der Waals surface area contributed by atoms with Crippen LogP contribution in [0.2, 0.25) is 0 Å². The van der Waals surface area contributed by atoms with Gasteiger partial charge >= 0.3 is 0 Å². The molecule has 0 fully saturated rings. The van der Waals surface area contributed by atoms with E-state index in [2.05, 4.69) is 15.0 Å². The van der Waals surface area contributed by atoms with Gasteiger partial charge in [0.15, 0.2) is 5.82 Å².